The molecule has 0 N–H and O–H groups in total. The van der Waals surface area contributed by atoms with Crippen molar-refractivity contribution in [2.45, 2.75) is 44.6 Å². The van der Waals surface area contributed by atoms with E-state index in [0.717, 1.165) is 18.5 Å². The minimum atomic E-state index is 0.832. The molecule has 13 heavy (non-hydrogen) atoms. The maximum Gasteiger partial charge on any atom is 0.0601 e. The standard InChI is InChI=1S/C12H19N/c1-2-9-13-10-5-8-12(13)11-6-3-4-7-11/h1,11-12H,3-10H2. The van der Waals surface area contributed by atoms with Crippen LogP contribution in [0.25, 0.3) is 0 Å². The van der Waals surface area contributed by atoms with Gasteiger partial charge in [0.15, 0.2) is 0 Å². The SMILES string of the molecule is C#CCN1CCCC1C1CCCC1. The van der Waals surface area contributed by atoms with Gasteiger partial charge in [0.05, 0.1) is 6.54 Å². The molecule has 1 aliphatic heterocycles. The zero-order valence-corrected chi connectivity index (χ0v) is 8.34. The summed E-state index contributed by atoms with van der Waals surface area (Å²) in [6.07, 6.45) is 13.9. The number of hydrogen-bond donors (Lipinski definition) is 0. The maximum absolute atomic E-state index is 5.38. The highest BCUT2D eigenvalue weighted by Gasteiger charge is 2.32. The number of rotatable bonds is 2. The molecule has 1 saturated carbocycles. The maximum atomic E-state index is 5.38. The zero-order chi connectivity index (χ0) is 9.10. The molecule has 72 valence electrons. The van der Waals surface area contributed by atoms with Gasteiger partial charge in [0.25, 0.3) is 0 Å². The fraction of sp³-hybridized carbons (Fsp3) is 0.833. The predicted molar refractivity (Wildman–Crippen MR) is 55.4 cm³/mol. The quantitative estimate of drug-likeness (QED) is 0.585. The molecule has 1 heterocycles. The van der Waals surface area contributed by atoms with Crippen molar-refractivity contribution in [2.75, 3.05) is 13.1 Å². The lowest BCUT2D eigenvalue weighted by atomic mass is 9.96. The number of hydrogen-bond acceptors (Lipinski definition) is 1. The molecule has 0 aromatic carbocycles. The summed E-state index contributed by atoms with van der Waals surface area (Å²) < 4.78 is 0. The fourth-order valence-electron chi connectivity index (χ4n) is 3.04. The van der Waals surface area contributed by atoms with Gasteiger partial charge in [-0.2, -0.15) is 0 Å². The lowest BCUT2D eigenvalue weighted by Crippen LogP contribution is -2.34. The van der Waals surface area contributed by atoms with Crippen LogP contribution in [0.3, 0.4) is 0 Å². The highest BCUT2D eigenvalue weighted by atomic mass is 15.2. The molecule has 0 aromatic heterocycles. The molecule has 1 atom stereocenters. The summed E-state index contributed by atoms with van der Waals surface area (Å²) in [4.78, 5) is 2.52. The Morgan fingerprint density at radius 3 is 2.62 bits per heavy atom. The molecule has 2 fully saturated rings. The summed E-state index contributed by atoms with van der Waals surface area (Å²) in [6, 6.07) is 0.832. The smallest absolute Gasteiger partial charge is 0.0601 e. The van der Waals surface area contributed by atoms with Crippen LogP contribution < -0.4 is 0 Å². The van der Waals surface area contributed by atoms with E-state index in [-0.39, 0.29) is 0 Å². The van der Waals surface area contributed by atoms with Gasteiger partial charge < -0.3 is 0 Å². The average molecular weight is 177 g/mol. The Morgan fingerprint density at radius 1 is 1.15 bits per heavy atom. The van der Waals surface area contributed by atoms with Crippen LogP contribution >= 0.6 is 0 Å². The van der Waals surface area contributed by atoms with E-state index < -0.39 is 0 Å². The second-order valence-corrected chi connectivity index (χ2v) is 4.43. The van der Waals surface area contributed by atoms with E-state index in [4.69, 9.17) is 6.42 Å². The Bertz CT molecular complexity index is 198. The first kappa shape index (κ1) is 9.09. The molecule has 0 radical (unpaired) electrons. The summed E-state index contributed by atoms with van der Waals surface area (Å²) in [5.74, 6) is 3.76. The monoisotopic (exact) mass is 177 g/mol. The Hall–Kier alpha value is -0.480. The van der Waals surface area contributed by atoms with Crippen molar-refractivity contribution in [3.63, 3.8) is 0 Å². The largest absolute Gasteiger partial charge is 0.289 e. The van der Waals surface area contributed by atoms with E-state index >= 15 is 0 Å². The van der Waals surface area contributed by atoms with E-state index in [1.54, 1.807) is 0 Å². The molecule has 1 unspecified atom stereocenters. The lowest BCUT2D eigenvalue weighted by Gasteiger charge is -2.27. The average Bonchev–Trinajstić information content (AvgIpc) is 2.71. The number of nitrogens with zero attached hydrogens (tertiary/aromatic N) is 1. The van der Waals surface area contributed by atoms with Crippen LogP contribution in [0, 0.1) is 18.3 Å². The van der Waals surface area contributed by atoms with Crippen LogP contribution in [-0.2, 0) is 0 Å². The second kappa shape index (κ2) is 4.15. The fourth-order valence-corrected chi connectivity index (χ4v) is 3.04. The van der Waals surface area contributed by atoms with Gasteiger partial charge in [-0.25, -0.2) is 0 Å². The molecule has 0 amide bonds. The number of terminal acetylenes is 1. The Balaban J connectivity index is 1.93. The molecule has 0 aromatic rings. The summed E-state index contributed by atoms with van der Waals surface area (Å²) >= 11 is 0. The van der Waals surface area contributed by atoms with Gasteiger partial charge in [-0.1, -0.05) is 18.8 Å². The molecule has 2 rings (SSSR count). The van der Waals surface area contributed by atoms with Crippen LogP contribution in [-0.4, -0.2) is 24.0 Å². The summed E-state index contributed by atoms with van der Waals surface area (Å²) in [5, 5.41) is 0. The Morgan fingerprint density at radius 2 is 1.92 bits per heavy atom. The predicted octanol–water partition coefficient (Wildman–Crippen LogP) is 2.27. The number of likely N-dealkylation sites (tertiary alicyclic amines) is 1. The Labute approximate surface area is 81.5 Å². The molecule has 0 spiro atoms. The van der Waals surface area contributed by atoms with Crippen molar-refractivity contribution >= 4 is 0 Å². The third kappa shape index (κ3) is 1.89. The van der Waals surface area contributed by atoms with Gasteiger partial charge in [0.1, 0.15) is 0 Å². The molecule has 2 aliphatic rings. The molecule has 1 nitrogen and oxygen atoms in total. The van der Waals surface area contributed by atoms with Crippen LogP contribution in [0.5, 0.6) is 0 Å². The van der Waals surface area contributed by atoms with Crippen LogP contribution in [0.2, 0.25) is 0 Å². The van der Waals surface area contributed by atoms with Gasteiger partial charge in [-0.3, -0.25) is 4.90 Å². The van der Waals surface area contributed by atoms with Gasteiger partial charge in [-0.15, -0.1) is 6.42 Å². The molecular formula is C12H19N. The zero-order valence-electron chi connectivity index (χ0n) is 8.34. The minimum Gasteiger partial charge on any atom is -0.289 e. The van der Waals surface area contributed by atoms with E-state index in [9.17, 15) is 0 Å². The molecular weight excluding hydrogens is 158 g/mol. The highest BCUT2D eigenvalue weighted by molar-refractivity contribution is 4.95. The first-order valence-electron chi connectivity index (χ1n) is 5.59. The van der Waals surface area contributed by atoms with E-state index in [1.165, 1.54) is 45.1 Å². The molecule has 0 bridgehead atoms. The molecule has 1 aliphatic carbocycles. The van der Waals surface area contributed by atoms with Crippen molar-refractivity contribution in [2.24, 2.45) is 5.92 Å². The van der Waals surface area contributed by atoms with Crippen molar-refractivity contribution in [1.82, 2.24) is 4.90 Å². The summed E-state index contributed by atoms with van der Waals surface area (Å²) in [5.41, 5.74) is 0. The van der Waals surface area contributed by atoms with E-state index in [2.05, 4.69) is 10.8 Å². The first-order chi connectivity index (χ1) is 6.42. The van der Waals surface area contributed by atoms with Crippen molar-refractivity contribution in [1.29, 1.82) is 0 Å². The van der Waals surface area contributed by atoms with Gasteiger partial charge in [0.2, 0.25) is 0 Å². The summed E-state index contributed by atoms with van der Waals surface area (Å²) in [7, 11) is 0. The molecule has 1 heteroatoms. The minimum absolute atomic E-state index is 0.832. The first-order valence-corrected chi connectivity index (χ1v) is 5.59. The Kier molecular flexibility index (Phi) is 2.90. The lowest BCUT2D eigenvalue weighted by molar-refractivity contribution is 0.211. The normalized spacial score (nSPS) is 30.8. The van der Waals surface area contributed by atoms with Gasteiger partial charge in [0, 0.05) is 6.04 Å². The van der Waals surface area contributed by atoms with Crippen molar-refractivity contribution in [3.05, 3.63) is 0 Å². The van der Waals surface area contributed by atoms with Crippen LogP contribution in [0.15, 0.2) is 0 Å². The van der Waals surface area contributed by atoms with Gasteiger partial charge >= 0.3 is 0 Å². The topological polar surface area (TPSA) is 3.24 Å². The van der Waals surface area contributed by atoms with Gasteiger partial charge in [-0.05, 0) is 38.1 Å². The molecule has 1 saturated heterocycles. The summed E-state index contributed by atoms with van der Waals surface area (Å²) in [6.45, 7) is 2.12. The van der Waals surface area contributed by atoms with Crippen LogP contribution in [0.1, 0.15) is 38.5 Å². The van der Waals surface area contributed by atoms with Crippen LogP contribution in [0.4, 0.5) is 0 Å². The van der Waals surface area contributed by atoms with Crippen molar-refractivity contribution in [3.8, 4) is 12.3 Å². The van der Waals surface area contributed by atoms with Crippen molar-refractivity contribution < 1.29 is 0 Å². The highest BCUT2D eigenvalue weighted by Crippen LogP contribution is 2.34. The second-order valence-electron chi connectivity index (χ2n) is 4.43. The van der Waals surface area contributed by atoms with E-state index in [0.29, 0.717) is 0 Å². The van der Waals surface area contributed by atoms with E-state index in [1.807, 2.05) is 0 Å². The third-order valence-corrected chi connectivity index (χ3v) is 3.65. The third-order valence-electron chi connectivity index (χ3n) is 3.65.